The van der Waals surface area contributed by atoms with Crippen LogP contribution in [0.5, 0.6) is 11.5 Å². The molecule has 5 nitrogen and oxygen atoms in total. The van der Waals surface area contributed by atoms with Gasteiger partial charge in [0.15, 0.2) is 11.5 Å². The largest absolute Gasteiger partial charge is 0.490 e. The van der Waals surface area contributed by atoms with Crippen molar-refractivity contribution in [3.05, 3.63) is 51.8 Å². The number of ether oxygens (including phenoxy) is 2. The van der Waals surface area contributed by atoms with Gasteiger partial charge in [-0.05, 0) is 71.2 Å². The lowest BCUT2D eigenvalue weighted by Crippen LogP contribution is -2.00. The molecule has 0 spiro atoms. The Balaban J connectivity index is 2.03. The Labute approximate surface area is 172 Å². The van der Waals surface area contributed by atoms with Crippen molar-refractivity contribution >= 4 is 38.6 Å². The third-order valence-electron chi connectivity index (χ3n) is 3.96. The number of nitriles is 1. The lowest BCUT2D eigenvalue weighted by atomic mass is 10.1. The average molecular weight is 436 g/mol. The molecule has 0 aliphatic heterocycles. The molecule has 140 valence electrons. The van der Waals surface area contributed by atoms with E-state index in [4.69, 9.17) is 15.9 Å². The molecule has 0 bridgehead atoms. The summed E-state index contributed by atoms with van der Waals surface area (Å²) in [4.78, 5) is 7.73. The first kappa shape index (κ1) is 19.5. The number of nitrogens with one attached hydrogen (secondary N) is 1. The van der Waals surface area contributed by atoms with Crippen LogP contribution in [-0.4, -0.2) is 23.2 Å². The monoisotopic (exact) mass is 435 g/mol. The number of fused-ring (bicyclic) bond motifs is 1. The quantitative estimate of drug-likeness (QED) is 0.431. The minimum Gasteiger partial charge on any atom is -0.490 e. The van der Waals surface area contributed by atoms with Gasteiger partial charge in [0.1, 0.15) is 18.5 Å². The summed E-state index contributed by atoms with van der Waals surface area (Å²) in [5.41, 5.74) is 4.02. The van der Waals surface area contributed by atoms with Gasteiger partial charge in [0, 0.05) is 0 Å². The van der Waals surface area contributed by atoms with Crippen molar-refractivity contribution in [2.75, 3.05) is 13.2 Å². The van der Waals surface area contributed by atoms with Crippen molar-refractivity contribution in [3.8, 4) is 29.9 Å². The van der Waals surface area contributed by atoms with E-state index in [1.165, 1.54) is 0 Å². The lowest BCUT2D eigenvalue weighted by Gasteiger charge is -2.13. The van der Waals surface area contributed by atoms with Crippen LogP contribution in [0.2, 0.25) is 0 Å². The van der Waals surface area contributed by atoms with Crippen molar-refractivity contribution in [1.29, 1.82) is 5.26 Å². The second-order valence-corrected chi connectivity index (χ2v) is 6.89. The minimum absolute atomic E-state index is 0.135. The van der Waals surface area contributed by atoms with Crippen molar-refractivity contribution in [3.63, 3.8) is 0 Å². The number of aryl methyl sites for hydroxylation is 1. The summed E-state index contributed by atoms with van der Waals surface area (Å²) < 4.78 is 12.0. The summed E-state index contributed by atoms with van der Waals surface area (Å²) in [7, 11) is 0. The van der Waals surface area contributed by atoms with Crippen molar-refractivity contribution in [1.82, 2.24) is 9.97 Å². The van der Waals surface area contributed by atoms with Crippen molar-refractivity contribution in [2.45, 2.75) is 13.8 Å². The summed E-state index contributed by atoms with van der Waals surface area (Å²) in [5, 5.41) is 9.67. The van der Waals surface area contributed by atoms with Gasteiger partial charge in [-0.1, -0.05) is 12.0 Å². The Morgan fingerprint density at radius 1 is 1.32 bits per heavy atom. The number of H-pyrrole nitrogens is 1. The highest BCUT2D eigenvalue weighted by Crippen LogP contribution is 2.37. The minimum atomic E-state index is 0.135. The van der Waals surface area contributed by atoms with E-state index in [0.717, 1.165) is 22.2 Å². The number of imidazole rings is 1. The molecule has 3 aromatic rings. The van der Waals surface area contributed by atoms with Crippen LogP contribution in [0.25, 0.3) is 22.7 Å². The number of halogens is 1. The number of aromatic amines is 1. The molecule has 0 aliphatic carbocycles. The maximum Gasteiger partial charge on any atom is 0.176 e. The molecule has 2 aromatic carbocycles. The zero-order chi connectivity index (χ0) is 20.1. The van der Waals surface area contributed by atoms with Gasteiger partial charge >= 0.3 is 0 Å². The predicted molar refractivity (Wildman–Crippen MR) is 114 cm³/mol. The first-order valence-corrected chi connectivity index (χ1v) is 9.46. The van der Waals surface area contributed by atoms with Crippen LogP contribution in [0.3, 0.4) is 0 Å². The van der Waals surface area contributed by atoms with E-state index in [0.29, 0.717) is 34.0 Å². The van der Waals surface area contributed by atoms with Gasteiger partial charge in [-0.25, -0.2) is 4.98 Å². The van der Waals surface area contributed by atoms with Crippen LogP contribution < -0.4 is 9.47 Å². The van der Waals surface area contributed by atoms with Gasteiger partial charge in [-0.15, -0.1) is 6.42 Å². The second kappa shape index (κ2) is 8.65. The molecule has 6 heteroatoms. The van der Waals surface area contributed by atoms with E-state index in [-0.39, 0.29) is 6.61 Å². The first-order valence-electron chi connectivity index (χ1n) is 8.66. The smallest absolute Gasteiger partial charge is 0.176 e. The highest BCUT2D eigenvalue weighted by Gasteiger charge is 2.13. The zero-order valence-corrected chi connectivity index (χ0v) is 17.1. The van der Waals surface area contributed by atoms with Crippen molar-refractivity contribution < 1.29 is 9.47 Å². The Morgan fingerprint density at radius 2 is 2.14 bits per heavy atom. The Bertz CT molecular complexity index is 1130. The van der Waals surface area contributed by atoms with Crippen LogP contribution in [0.15, 0.2) is 34.8 Å². The molecule has 0 aliphatic rings. The second-order valence-electron chi connectivity index (χ2n) is 6.03. The fourth-order valence-electron chi connectivity index (χ4n) is 2.76. The maximum absolute atomic E-state index is 9.67. The third kappa shape index (κ3) is 4.19. The SMILES string of the molecule is C#CCOc1c(Br)cc(C=C(C#N)c2nc3ccc(C)cc3[nH]2)cc1OCC. The Kier molecular flexibility index (Phi) is 6.03. The number of allylic oxidation sites excluding steroid dienone is 1. The summed E-state index contributed by atoms with van der Waals surface area (Å²) in [5.74, 6) is 4.05. The molecule has 0 unspecified atom stereocenters. The molecular formula is C22H18BrN3O2. The van der Waals surface area contributed by atoms with Gasteiger partial charge in [0.05, 0.1) is 27.7 Å². The highest BCUT2D eigenvalue weighted by molar-refractivity contribution is 9.10. The van der Waals surface area contributed by atoms with E-state index < -0.39 is 0 Å². The maximum atomic E-state index is 9.67. The molecule has 0 saturated heterocycles. The molecule has 0 saturated carbocycles. The number of terminal acetylenes is 1. The van der Waals surface area contributed by atoms with E-state index in [9.17, 15) is 5.26 Å². The Morgan fingerprint density at radius 3 is 2.86 bits per heavy atom. The van der Waals surface area contributed by atoms with E-state index in [1.807, 2.05) is 44.2 Å². The summed E-state index contributed by atoms with van der Waals surface area (Å²) >= 11 is 3.49. The van der Waals surface area contributed by atoms with Crippen LogP contribution in [0.1, 0.15) is 23.9 Å². The molecule has 0 amide bonds. The van der Waals surface area contributed by atoms with Gasteiger partial charge < -0.3 is 14.5 Å². The summed E-state index contributed by atoms with van der Waals surface area (Å²) in [6.45, 7) is 4.51. The highest BCUT2D eigenvalue weighted by atomic mass is 79.9. The number of hydrogen-bond acceptors (Lipinski definition) is 4. The Hall–Kier alpha value is -3.22. The molecular weight excluding hydrogens is 418 g/mol. The van der Waals surface area contributed by atoms with Crippen LogP contribution >= 0.6 is 15.9 Å². The molecule has 0 radical (unpaired) electrons. The van der Waals surface area contributed by atoms with Crippen LogP contribution in [-0.2, 0) is 0 Å². The summed E-state index contributed by atoms with van der Waals surface area (Å²) in [6, 6.07) is 11.8. The number of nitrogens with zero attached hydrogens (tertiary/aromatic N) is 2. The molecule has 0 fully saturated rings. The van der Waals surface area contributed by atoms with Crippen LogP contribution in [0, 0.1) is 30.6 Å². The first-order chi connectivity index (χ1) is 13.5. The number of benzene rings is 2. The van der Waals surface area contributed by atoms with E-state index >= 15 is 0 Å². The third-order valence-corrected chi connectivity index (χ3v) is 4.54. The molecule has 28 heavy (non-hydrogen) atoms. The van der Waals surface area contributed by atoms with E-state index in [1.54, 1.807) is 6.08 Å². The van der Waals surface area contributed by atoms with Crippen LogP contribution in [0.4, 0.5) is 0 Å². The van der Waals surface area contributed by atoms with Crippen molar-refractivity contribution in [2.24, 2.45) is 0 Å². The standard InChI is InChI=1S/C22H18BrN3O2/c1-4-8-28-21-17(23)11-15(12-20(21)27-5-2)10-16(13-24)22-25-18-7-6-14(3)9-19(18)26-22/h1,6-7,9-12H,5,8H2,2-3H3,(H,25,26). The van der Waals surface area contributed by atoms with E-state index in [2.05, 4.69) is 37.9 Å². The fourth-order valence-corrected chi connectivity index (χ4v) is 3.33. The fraction of sp³-hybridized carbons (Fsp3) is 0.182. The topological polar surface area (TPSA) is 70.9 Å². The van der Waals surface area contributed by atoms with Gasteiger partial charge in [0.2, 0.25) is 0 Å². The molecule has 1 aromatic heterocycles. The zero-order valence-electron chi connectivity index (χ0n) is 15.5. The van der Waals surface area contributed by atoms with Gasteiger partial charge in [-0.3, -0.25) is 0 Å². The van der Waals surface area contributed by atoms with Gasteiger partial charge in [0.25, 0.3) is 0 Å². The number of aromatic nitrogens is 2. The lowest BCUT2D eigenvalue weighted by molar-refractivity contribution is 0.298. The average Bonchev–Trinajstić information content (AvgIpc) is 3.08. The molecule has 1 heterocycles. The number of hydrogen-bond donors (Lipinski definition) is 1. The van der Waals surface area contributed by atoms with Gasteiger partial charge in [-0.2, -0.15) is 5.26 Å². The summed E-state index contributed by atoms with van der Waals surface area (Å²) in [6.07, 6.45) is 7.04. The number of rotatable bonds is 6. The molecule has 0 atom stereocenters. The molecule has 1 N–H and O–H groups in total. The normalized spacial score (nSPS) is 11.1. The predicted octanol–water partition coefficient (Wildman–Crippen LogP) is 5.11. The molecule has 3 rings (SSSR count).